The number of aryl methyl sites for hydroxylation is 2. The van der Waals surface area contributed by atoms with Crippen molar-refractivity contribution in [2.24, 2.45) is 5.92 Å². The van der Waals surface area contributed by atoms with Crippen molar-refractivity contribution in [2.75, 3.05) is 0 Å². The molecule has 9 heteroatoms. The summed E-state index contributed by atoms with van der Waals surface area (Å²) in [7, 11) is 0. The predicted molar refractivity (Wildman–Crippen MR) is 143 cm³/mol. The van der Waals surface area contributed by atoms with E-state index in [2.05, 4.69) is 16.0 Å². The Balaban J connectivity index is 1.92. The van der Waals surface area contributed by atoms with Crippen molar-refractivity contribution in [3.05, 3.63) is 71.8 Å². The minimum Gasteiger partial charge on any atom is -0.481 e. The number of hydrogen-bond acceptors (Lipinski definition) is 5. The standard InChI is InChI=1S/C29H37N3O6/c1-19(2)27(32-25(34)17-15-22-12-8-5-9-13-22)29(38)30-20(3)28(37)31-23(18-26(35)36)24(33)16-14-21-10-6-4-7-11-21/h4-13,19-20,23,27H,14-18H2,1-3H3,(H,30,38)(H,31,37)(H,32,34)(H,35,36)/t20-,23?,27-/m0/s1. The third kappa shape index (κ3) is 10.5. The molecule has 2 aromatic rings. The maximum absolute atomic E-state index is 12.9. The third-order valence-corrected chi connectivity index (χ3v) is 6.09. The number of aliphatic carboxylic acids is 1. The lowest BCUT2D eigenvalue weighted by molar-refractivity contribution is -0.140. The zero-order valence-corrected chi connectivity index (χ0v) is 22.1. The van der Waals surface area contributed by atoms with Gasteiger partial charge in [-0.2, -0.15) is 0 Å². The highest BCUT2D eigenvalue weighted by molar-refractivity contribution is 5.95. The molecule has 0 aliphatic carbocycles. The van der Waals surface area contributed by atoms with E-state index in [-0.39, 0.29) is 24.7 Å². The molecule has 3 amide bonds. The van der Waals surface area contributed by atoms with Crippen molar-refractivity contribution in [1.29, 1.82) is 0 Å². The molecule has 0 aliphatic rings. The van der Waals surface area contributed by atoms with Gasteiger partial charge in [0.1, 0.15) is 12.1 Å². The number of Topliss-reactive ketones (excluding diaryl/α,β-unsaturated/α-hetero) is 1. The zero-order chi connectivity index (χ0) is 28.1. The Bertz CT molecular complexity index is 1090. The van der Waals surface area contributed by atoms with Gasteiger partial charge in [0.15, 0.2) is 5.78 Å². The van der Waals surface area contributed by atoms with Crippen LogP contribution >= 0.6 is 0 Å². The SMILES string of the molecule is CC(C)[C@H](NC(=O)CCc1ccccc1)C(=O)N[C@@H](C)C(=O)NC(CC(=O)O)C(=O)CCc1ccccc1. The van der Waals surface area contributed by atoms with Crippen LogP contribution in [0.3, 0.4) is 0 Å². The smallest absolute Gasteiger partial charge is 0.305 e. The largest absolute Gasteiger partial charge is 0.481 e. The van der Waals surface area contributed by atoms with E-state index >= 15 is 0 Å². The van der Waals surface area contributed by atoms with Crippen molar-refractivity contribution in [3.63, 3.8) is 0 Å². The number of carbonyl (C=O) groups excluding carboxylic acids is 4. The molecular weight excluding hydrogens is 486 g/mol. The fourth-order valence-corrected chi connectivity index (χ4v) is 3.85. The van der Waals surface area contributed by atoms with Gasteiger partial charge in [-0.1, -0.05) is 74.5 Å². The van der Waals surface area contributed by atoms with E-state index < -0.39 is 48.1 Å². The normalized spacial score (nSPS) is 13.2. The van der Waals surface area contributed by atoms with Gasteiger partial charge in [-0.15, -0.1) is 0 Å². The molecule has 0 radical (unpaired) electrons. The summed E-state index contributed by atoms with van der Waals surface area (Å²) >= 11 is 0. The maximum atomic E-state index is 12.9. The lowest BCUT2D eigenvalue weighted by Crippen LogP contribution is -2.56. The summed E-state index contributed by atoms with van der Waals surface area (Å²) in [5, 5.41) is 17.0. The molecule has 2 rings (SSSR count). The Kier molecular flexibility index (Phi) is 12.2. The van der Waals surface area contributed by atoms with Crippen LogP contribution in [-0.2, 0) is 36.8 Å². The van der Waals surface area contributed by atoms with E-state index in [1.807, 2.05) is 60.7 Å². The maximum Gasteiger partial charge on any atom is 0.305 e. The Labute approximate surface area is 223 Å². The van der Waals surface area contributed by atoms with E-state index in [4.69, 9.17) is 0 Å². The molecular formula is C29H37N3O6. The van der Waals surface area contributed by atoms with Crippen LogP contribution in [0.15, 0.2) is 60.7 Å². The van der Waals surface area contributed by atoms with Gasteiger partial charge in [-0.3, -0.25) is 24.0 Å². The first-order chi connectivity index (χ1) is 18.1. The zero-order valence-electron chi connectivity index (χ0n) is 22.1. The van der Waals surface area contributed by atoms with Crippen LogP contribution < -0.4 is 16.0 Å². The summed E-state index contributed by atoms with van der Waals surface area (Å²) in [4.78, 5) is 62.2. The fourth-order valence-electron chi connectivity index (χ4n) is 3.85. The topological polar surface area (TPSA) is 142 Å². The van der Waals surface area contributed by atoms with Gasteiger partial charge in [0, 0.05) is 12.8 Å². The molecule has 0 saturated heterocycles. The summed E-state index contributed by atoms with van der Waals surface area (Å²) < 4.78 is 0. The molecule has 38 heavy (non-hydrogen) atoms. The van der Waals surface area contributed by atoms with Crippen LogP contribution in [-0.4, -0.2) is 52.7 Å². The number of carbonyl (C=O) groups is 5. The molecule has 1 unspecified atom stereocenters. The number of nitrogens with one attached hydrogen (secondary N) is 3. The fraction of sp³-hybridized carbons (Fsp3) is 0.414. The summed E-state index contributed by atoms with van der Waals surface area (Å²) in [6, 6.07) is 15.6. The minimum atomic E-state index is -1.22. The van der Waals surface area contributed by atoms with Crippen LogP contribution in [0.2, 0.25) is 0 Å². The van der Waals surface area contributed by atoms with Gasteiger partial charge in [-0.05, 0) is 36.8 Å². The predicted octanol–water partition coefficient (Wildman–Crippen LogP) is 2.43. The van der Waals surface area contributed by atoms with Crippen LogP contribution in [0.4, 0.5) is 0 Å². The molecule has 0 bridgehead atoms. The molecule has 204 valence electrons. The van der Waals surface area contributed by atoms with E-state index in [0.29, 0.717) is 12.8 Å². The first-order valence-corrected chi connectivity index (χ1v) is 12.8. The second-order valence-electron chi connectivity index (χ2n) is 9.62. The van der Waals surface area contributed by atoms with Gasteiger partial charge in [0.25, 0.3) is 0 Å². The van der Waals surface area contributed by atoms with Gasteiger partial charge in [0.2, 0.25) is 17.7 Å². The quantitative estimate of drug-likeness (QED) is 0.283. The summed E-state index contributed by atoms with van der Waals surface area (Å²) in [5.41, 5.74) is 1.93. The second-order valence-corrected chi connectivity index (χ2v) is 9.62. The van der Waals surface area contributed by atoms with Crippen LogP contribution in [0, 0.1) is 5.92 Å². The first-order valence-electron chi connectivity index (χ1n) is 12.8. The molecule has 4 N–H and O–H groups in total. The van der Waals surface area contributed by atoms with Gasteiger partial charge >= 0.3 is 5.97 Å². The average Bonchev–Trinajstić information content (AvgIpc) is 2.89. The lowest BCUT2D eigenvalue weighted by Gasteiger charge is -2.25. The Morgan fingerprint density at radius 1 is 0.711 bits per heavy atom. The number of carboxylic acids is 1. The highest BCUT2D eigenvalue weighted by atomic mass is 16.4. The summed E-state index contributed by atoms with van der Waals surface area (Å²) in [6.45, 7) is 5.00. The average molecular weight is 524 g/mol. The monoisotopic (exact) mass is 523 g/mol. The third-order valence-electron chi connectivity index (χ3n) is 6.09. The summed E-state index contributed by atoms with van der Waals surface area (Å²) in [5.74, 6) is -3.39. The molecule has 0 aromatic heterocycles. The molecule has 0 saturated carbocycles. The van der Waals surface area contributed by atoms with Gasteiger partial charge in [0.05, 0.1) is 12.5 Å². The molecule has 9 nitrogen and oxygen atoms in total. The molecule has 0 heterocycles. The van der Waals surface area contributed by atoms with Gasteiger partial charge < -0.3 is 21.1 Å². The molecule has 0 spiro atoms. The second kappa shape index (κ2) is 15.3. The molecule has 0 fully saturated rings. The van der Waals surface area contributed by atoms with Crippen molar-refractivity contribution in [3.8, 4) is 0 Å². The van der Waals surface area contributed by atoms with Crippen LogP contribution in [0.1, 0.15) is 51.2 Å². The van der Waals surface area contributed by atoms with Crippen LogP contribution in [0.25, 0.3) is 0 Å². The summed E-state index contributed by atoms with van der Waals surface area (Å²) in [6.07, 6.45) is 0.650. The first kappa shape index (κ1) is 30.2. The van der Waals surface area contributed by atoms with Crippen molar-refractivity contribution >= 4 is 29.5 Å². The number of ketones is 1. The number of hydrogen-bond donors (Lipinski definition) is 4. The Morgan fingerprint density at radius 3 is 1.74 bits per heavy atom. The number of benzene rings is 2. The van der Waals surface area contributed by atoms with E-state index in [1.54, 1.807) is 13.8 Å². The van der Waals surface area contributed by atoms with E-state index in [9.17, 15) is 29.1 Å². The molecule has 0 aliphatic heterocycles. The molecule has 2 aromatic carbocycles. The van der Waals surface area contributed by atoms with Crippen LogP contribution in [0.5, 0.6) is 0 Å². The van der Waals surface area contributed by atoms with Crippen molar-refractivity contribution in [1.82, 2.24) is 16.0 Å². The minimum absolute atomic E-state index is 0.0629. The number of amides is 3. The van der Waals surface area contributed by atoms with Gasteiger partial charge in [-0.25, -0.2) is 0 Å². The lowest BCUT2D eigenvalue weighted by atomic mass is 10.0. The number of carboxylic acid groups (broad SMARTS) is 1. The Hall–Kier alpha value is -4.01. The highest BCUT2D eigenvalue weighted by Gasteiger charge is 2.29. The van der Waals surface area contributed by atoms with E-state index in [0.717, 1.165) is 11.1 Å². The van der Waals surface area contributed by atoms with Crippen molar-refractivity contribution < 1.29 is 29.1 Å². The van der Waals surface area contributed by atoms with Crippen molar-refractivity contribution in [2.45, 2.75) is 71.0 Å². The van der Waals surface area contributed by atoms with E-state index in [1.165, 1.54) is 6.92 Å². The Morgan fingerprint density at radius 2 is 1.24 bits per heavy atom. The highest BCUT2D eigenvalue weighted by Crippen LogP contribution is 2.08. The molecule has 3 atom stereocenters. The number of rotatable bonds is 15.